The largest absolute Gasteiger partial charge is 0.435 e. The van der Waals surface area contributed by atoms with Gasteiger partial charge in [-0.2, -0.15) is 13.2 Å². The number of rotatable bonds is 4. The molecule has 0 saturated carbocycles. The molecule has 5 nitrogen and oxygen atoms in total. The van der Waals surface area contributed by atoms with E-state index in [0.29, 0.717) is 5.01 Å². The van der Waals surface area contributed by atoms with Crippen LogP contribution >= 0.6 is 11.3 Å². The maximum Gasteiger partial charge on any atom is 0.435 e. The number of pyridine rings is 1. The molecule has 10 heteroatoms. The van der Waals surface area contributed by atoms with Crippen molar-refractivity contribution in [2.24, 2.45) is 0 Å². The molecular weight excluding hydrogens is 346 g/mol. The molecule has 24 heavy (non-hydrogen) atoms. The molecule has 0 aliphatic heterocycles. The van der Waals surface area contributed by atoms with E-state index in [0.717, 1.165) is 18.5 Å². The van der Waals surface area contributed by atoms with Crippen LogP contribution in [-0.2, 0) is 12.7 Å². The summed E-state index contributed by atoms with van der Waals surface area (Å²) in [6.45, 7) is 0.116. The average molecular weight is 355 g/mol. The first-order valence-electron chi connectivity index (χ1n) is 6.61. The van der Waals surface area contributed by atoms with E-state index in [1.807, 2.05) is 0 Å². The molecule has 3 rings (SSSR count). The highest BCUT2D eigenvalue weighted by Crippen LogP contribution is 2.34. The van der Waals surface area contributed by atoms with Gasteiger partial charge < -0.3 is 5.32 Å². The first-order valence-corrected chi connectivity index (χ1v) is 7.49. The molecule has 3 aromatic rings. The molecule has 0 aliphatic carbocycles. The molecule has 3 heterocycles. The molecule has 0 atom stereocenters. The lowest BCUT2D eigenvalue weighted by Crippen LogP contribution is -2.14. The summed E-state index contributed by atoms with van der Waals surface area (Å²) >= 11 is 1.31. The van der Waals surface area contributed by atoms with E-state index < -0.39 is 17.7 Å². The number of nitrogens with zero attached hydrogens (tertiary/aromatic N) is 4. The number of nitrogens with one attached hydrogen (secondary N) is 1. The SMILES string of the molecule is Fc1cncc(-c2ncc(NCc3nccs3)c(C(F)(F)F)n2)c1. The van der Waals surface area contributed by atoms with Crippen LogP contribution in [0.1, 0.15) is 10.7 Å². The van der Waals surface area contributed by atoms with Crippen molar-refractivity contribution >= 4 is 17.0 Å². The van der Waals surface area contributed by atoms with Crippen LogP contribution in [0.3, 0.4) is 0 Å². The van der Waals surface area contributed by atoms with Crippen molar-refractivity contribution in [3.05, 3.63) is 52.8 Å². The summed E-state index contributed by atoms with van der Waals surface area (Å²) < 4.78 is 53.0. The van der Waals surface area contributed by atoms with Gasteiger partial charge in [0.25, 0.3) is 0 Å². The molecular formula is C14H9F4N5S. The Morgan fingerprint density at radius 2 is 1.96 bits per heavy atom. The van der Waals surface area contributed by atoms with Crippen molar-refractivity contribution in [2.45, 2.75) is 12.7 Å². The zero-order valence-corrected chi connectivity index (χ0v) is 12.7. The van der Waals surface area contributed by atoms with Gasteiger partial charge in [0, 0.05) is 23.3 Å². The first kappa shape index (κ1) is 16.2. The van der Waals surface area contributed by atoms with Crippen LogP contribution in [0.2, 0.25) is 0 Å². The van der Waals surface area contributed by atoms with Gasteiger partial charge in [0.1, 0.15) is 10.8 Å². The maximum absolute atomic E-state index is 13.3. The van der Waals surface area contributed by atoms with E-state index in [1.54, 1.807) is 11.6 Å². The second-order valence-corrected chi connectivity index (χ2v) is 5.60. The number of hydrogen-bond acceptors (Lipinski definition) is 6. The average Bonchev–Trinajstić information content (AvgIpc) is 3.05. The summed E-state index contributed by atoms with van der Waals surface area (Å²) in [5.41, 5.74) is -1.34. The molecule has 0 fully saturated rings. The van der Waals surface area contributed by atoms with Crippen LogP contribution < -0.4 is 5.32 Å². The molecule has 124 valence electrons. The fraction of sp³-hybridized carbons (Fsp3) is 0.143. The van der Waals surface area contributed by atoms with Crippen LogP contribution in [0.15, 0.2) is 36.2 Å². The Balaban J connectivity index is 1.94. The monoisotopic (exact) mass is 355 g/mol. The normalized spacial score (nSPS) is 11.5. The fourth-order valence-electron chi connectivity index (χ4n) is 1.91. The van der Waals surface area contributed by atoms with E-state index >= 15 is 0 Å². The lowest BCUT2D eigenvalue weighted by atomic mass is 10.2. The third kappa shape index (κ3) is 3.65. The van der Waals surface area contributed by atoms with Gasteiger partial charge in [-0.1, -0.05) is 0 Å². The molecule has 3 aromatic heterocycles. The lowest BCUT2D eigenvalue weighted by Gasteiger charge is -2.13. The van der Waals surface area contributed by atoms with Gasteiger partial charge in [-0.05, 0) is 6.07 Å². The van der Waals surface area contributed by atoms with Gasteiger partial charge in [0.2, 0.25) is 0 Å². The topological polar surface area (TPSA) is 63.6 Å². The second kappa shape index (κ2) is 6.48. The Kier molecular flexibility index (Phi) is 4.38. The molecule has 1 N–H and O–H groups in total. The summed E-state index contributed by atoms with van der Waals surface area (Å²) in [5.74, 6) is -0.940. The summed E-state index contributed by atoms with van der Waals surface area (Å²) in [6, 6.07) is 1.02. The zero-order valence-electron chi connectivity index (χ0n) is 11.9. The van der Waals surface area contributed by atoms with Crippen LogP contribution in [0.25, 0.3) is 11.4 Å². The van der Waals surface area contributed by atoms with Crippen molar-refractivity contribution < 1.29 is 17.6 Å². The number of aromatic nitrogens is 4. The van der Waals surface area contributed by atoms with Gasteiger partial charge in [-0.25, -0.2) is 19.3 Å². The van der Waals surface area contributed by atoms with Gasteiger partial charge >= 0.3 is 6.18 Å². The van der Waals surface area contributed by atoms with Crippen LogP contribution in [0.4, 0.5) is 23.2 Å². The Bertz CT molecular complexity index is 835. The summed E-state index contributed by atoms with van der Waals surface area (Å²) in [7, 11) is 0. The fourth-order valence-corrected chi connectivity index (χ4v) is 2.47. The Labute approximate surface area is 137 Å². The predicted octanol–water partition coefficient (Wildman–Crippen LogP) is 3.77. The molecule has 0 amide bonds. The number of thiazole rings is 1. The van der Waals surface area contributed by atoms with Gasteiger partial charge in [0.15, 0.2) is 11.5 Å². The molecule has 0 saturated heterocycles. The third-order valence-corrected chi connectivity index (χ3v) is 3.71. The molecule has 0 aromatic carbocycles. The minimum absolute atomic E-state index is 0.0620. The molecule has 0 aliphatic rings. The zero-order chi connectivity index (χ0) is 17.2. The third-order valence-electron chi connectivity index (χ3n) is 2.93. The Morgan fingerprint density at radius 1 is 1.12 bits per heavy atom. The maximum atomic E-state index is 13.3. The highest BCUT2D eigenvalue weighted by atomic mass is 32.1. The van der Waals surface area contributed by atoms with Gasteiger partial charge in [-0.3, -0.25) is 4.98 Å². The van der Waals surface area contributed by atoms with E-state index in [4.69, 9.17) is 0 Å². The van der Waals surface area contributed by atoms with Crippen LogP contribution in [0, 0.1) is 5.82 Å². The standard InChI is InChI=1S/C14H9F4N5S/c15-9-3-8(4-19-5-9)13-22-6-10(12(23-13)14(16,17)18)21-7-11-20-1-2-24-11/h1-6,21H,7H2. The van der Waals surface area contributed by atoms with Crippen LogP contribution in [0.5, 0.6) is 0 Å². The minimum atomic E-state index is -4.69. The van der Waals surface area contributed by atoms with Gasteiger partial charge in [0.05, 0.1) is 24.6 Å². The smallest absolute Gasteiger partial charge is 0.376 e. The van der Waals surface area contributed by atoms with E-state index in [-0.39, 0.29) is 23.6 Å². The number of halogens is 4. The second-order valence-electron chi connectivity index (χ2n) is 4.62. The Hall–Kier alpha value is -2.62. The highest BCUT2D eigenvalue weighted by molar-refractivity contribution is 7.09. The molecule has 0 spiro atoms. The summed E-state index contributed by atoms with van der Waals surface area (Å²) in [4.78, 5) is 15.0. The van der Waals surface area contributed by atoms with E-state index in [1.165, 1.54) is 17.5 Å². The quantitative estimate of drug-likeness (QED) is 0.722. The minimum Gasteiger partial charge on any atom is -0.376 e. The predicted molar refractivity (Wildman–Crippen MR) is 79.7 cm³/mol. The highest BCUT2D eigenvalue weighted by Gasteiger charge is 2.36. The van der Waals surface area contributed by atoms with Crippen molar-refractivity contribution in [2.75, 3.05) is 5.32 Å². The molecule has 0 radical (unpaired) electrons. The van der Waals surface area contributed by atoms with Crippen molar-refractivity contribution in [3.8, 4) is 11.4 Å². The van der Waals surface area contributed by atoms with Crippen molar-refractivity contribution in [1.82, 2.24) is 19.9 Å². The number of alkyl halides is 3. The van der Waals surface area contributed by atoms with Crippen molar-refractivity contribution in [3.63, 3.8) is 0 Å². The number of anilines is 1. The number of hydrogen-bond donors (Lipinski definition) is 1. The Morgan fingerprint density at radius 3 is 2.62 bits per heavy atom. The molecule has 0 bridgehead atoms. The van der Waals surface area contributed by atoms with Crippen molar-refractivity contribution in [1.29, 1.82) is 0 Å². The lowest BCUT2D eigenvalue weighted by molar-refractivity contribution is -0.140. The van der Waals surface area contributed by atoms with Gasteiger partial charge in [-0.15, -0.1) is 11.3 Å². The van der Waals surface area contributed by atoms with Crippen LogP contribution in [-0.4, -0.2) is 19.9 Å². The summed E-state index contributed by atoms with van der Waals surface area (Å²) in [5, 5.41) is 4.97. The van der Waals surface area contributed by atoms with E-state index in [2.05, 4.69) is 25.3 Å². The summed E-state index contributed by atoms with van der Waals surface area (Å²) in [6.07, 6.45) is 0.0234. The first-order chi connectivity index (χ1) is 11.4. The van der Waals surface area contributed by atoms with E-state index in [9.17, 15) is 17.6 Å². The molecule has 0 unspecified atom stereocenters.